The molecule has 1 aliphatic rings. The zero-order valence-electron chi connectivity index (χ0n) is 11.2. The second-order valence-corrected chi connectivity index (χ2v) is 4.47. The van der Waals surface area contributed by atoms with E-state index >= 15 is 0 Å². The van der Waals surface area contributed by atoms with Crippen LogP contribution in [-0.2, 0) is 25.3 Å². The molecule has 0 unspecified atom stereocenters. The molecule has 1 aliphatic heterocycles. The molecule has 1 N–H and O–H groups in total. The van der Waals surface area contributed by atoms with E-state index in [1.165, 1.54) is 21.1 Å². The minimum absolute atomic E-state index is 0.0951. The van der Waals surface area contributed by atoms with Crippen LogP contribution in [0.4, 0.5) is 0 Å². The summed E-state index contributed by atoms with van der Waals surface area (Å²) in [6, 6.07) is 1.69. The standard InChI is InChI=1S/C12H12N4O4/c1-14-7(5-13)10(18)9-6(4-8(14)17)15(2)12(20)16(3)11(9)19/h18H,4H2,1-3H3. The van der Waals surface area contributed by atoms with Crippen LogP contribution in [-0.4, -0.2) is 32.1 Å². The molecule has 20 heavy (non-hydrogen) atoms. The van der Waals surface area contributed by atoms with Crippen molar-refractivity contribution >= 4 is 11.7 Å². The number of nitrogens with zero attached hydrogens (tertiary/aromatic N) is 4. The first kappa shape index (κ1) is 13.6. The molecular weight excluding hydrogens is 264 g/mol. The normalized spacial score (nSPS) is 14.9. The number of carbonyl (C=O) groups is 1. The van der Waals surface area contributed by atoms with E-state index in [2.05, 4.69) is 0 Å². The summed E-state index contributed by atoms with van der Waals surface area (Å²) in [5, 5.41) is 19.2. The van der Waals surface area contributed by atoms with Crippen molar-refractivity contribution in [2.75, 3.05) is 7.05 Å². The lowest BCUT2D eigenvalue weighted by molar-refractivity contribution is -0.127. The summed E-state index contributed by atoms with van der Waals surface area (Å²) in [5.74, 6) is -1.08. The van der Waals surface area contributed by atoms with Crippen LogP contribution in [0, 0.1) is 11.3 Å². The Balaban J connectivity index is 3.02. The molecule has 0 saturated heterocycles. The number of fused-ring (bicyclic) bond motifs is 1. The van der Waals surface area contributed by atoms with E-state index in [-0.39, 0.29) is 23.4 Å². The van der Waals surface area contributed by atoms with Gasteiger partial charge >= 0.3 is 5.69 Å². The number of aromatic nitrogens is 2. The van der Waals surface area contributed by atoms with Gasteiger partial charge in [-0.3, -0.25) is 18.7 Å². The number of aliphatic hydroxyl groups is 1. The molecule has 0 radical (unpaired) electrons. The Morgan fingerprint density at radius 1 is 1.15 bits per heavy atom. The van der Waals surface area contributed by atoms with Crippen molar-refractivity contribution in [3.8, 4) is 6.07 Å². The third kappa shape index (κ3) is 1.64. The summed E-state index contributed by atoms with van der Waals surface area (Å²) in [7, 11) is 3.99. The number of aliphatic hydroxyl groups excluding tert-OH is 1. The lowest BCUT2D eigenvalue weighted by atomic mass is 10.1. The number of allylic oxidation sites excluding steroid dienone is 1. The zero-order chi connectivity index (χ0) is 15.2. The molecule has 0 atom stereocenters. The monoisotopic (exact) mass is 276 g/mol. The van der Waals surface area contributed by atoms with Gasteiger partial charge in [-0.25, -0.2) is 4.79 Å². The quantitative estimate of drug-likeness (QED) is 0.643. The number of carbonyl (C=O) groups excluding carboxylic acids is 1. The topological polar surface area (TPSA) is 108 Å². The Hall–Kier alpha value is -2.82. The second-order valence-electron chi connectivity index (χ2n) is 4.47. The maximum atomic E-state index is 12.1. The largest absolute Gasteiger partial charge is 0.504 e. The Kier molecular flexibility index (Phi) is 2.98. The van der Waals surface area contributed by atoms with Crippen LogP contribution in [0.5, 0.6) is 0 Å². The first-order chi connectivity index (χ1) is 9.31. The first-order valence-corrected chi connectivity index (χ1v) is 5.70. The SMILES string of the molecule is CN1C(=O)Cc2c(c(=O)n(C)c(=O)n2C)C(O)=C1C#N. The molecule has 0 aliphatic carbocycles. The van der Waals surface area contributed by atoms with Crippen molar-refractivity contribution in [2.45, 2.75) is 6.42 Å². The molecule has 0 saturated carbocycles. The van der Waals surface area contributed by atoms with Gasteiger partial charge in [0.2, 0.25) is 5.91 Å². The van der Waals surface area contributed by atoms with Gasteiger partial charge in [-0.1, -0.05) is 0 Å². The number of rotatable bonds is 0. The lowest BCUT2D eigenvalue weighted by Crippen LogP contribution is -2.41. The van der Waals surface area contributed by atoms with E-state index in [4.69, 9.17) is 5.26 Å². The number of likely N-dealkylation sites (N-methyl/N-ethyl adjacent to an activating group) is 1. The maximum Gasteiger partial charge on any atom is 0.330 e. The number of hydrogen-bond acceptors (Lipinski definition) is 5. The van der Waals surface area contributed by atoms with Crippen LogP contribution in [0.15, 0.2) is 15.3 Å². The van der Waals surface area contributed by atoms with Crippen LogP contribution in [0.3, 0.4) is 0 Å². The van der Waals surface area contributed by atoms with E-state index in [9.17, 15) is 19.5 Å². The van der Waals surface area contributed by atoms with Crippen molar-refractivity contribution in [1.82, 2.24) is 14.0 Å². The maximum absolute atomic E-state index is 12.1. The van der Waals surface area contributed by atoms with Gasteiger partial charge in [0.25, 0.3) is 5.56 Å². The second kappa shape index (κ2) is 4.38. The Bertz CT molecular complexity index is 806. The molecule has 1 aromatic heterocycles. The fourth-order valence-electron chi connectivity index (χ4n) is 2.12. The van der Waals surface area contributed by atoms with Crippen LogP contribution in [0.1, 0.15) is 11.3 Å². The number of nitriles is 1. The van der Waals surface area contributed by atoms with Gasteiger partial charge in [0, 0.05) is 26.8 Å². The third-order valence-electron chi connectivity index (χ3n) is 3.38. The van der Waals surface area contributed by atoms with Crippen LogP contribution in [0.25, 0.3) is 5.76 Å². The van der Waals surface area contributed by atoms with Crippen molar-refractivity contribution < 1.29 is 9.90 Å². The predicted molar refractivity (Wildman–Crippen MR) is 68.6 cm³/mol. The van der Waals surface area contributed by atoms with Gasteiger partial charge in [0.15, 0.2) is 11.5 Å². The highest BCUT2D eigenvalue weighted by Crippen LogP contribution is 2.22. The molecule has 0 bridgehead atoms. The van der Waals surface area contributed by atoms with Crippen molar-refractivity contribution in [2.24, 2.45) is 14.1 Å². The molecular formula is C12H12N4O4. The van der Waals surface area contributed by atoms with Crippen LogP contribution >= 0.6 is 0 Å². The van der Waals surface area contributed by atoms with Gasteiger partial charge in [-0.15, -0.1) is 0 Å². The highest BCUT2D eigenvalue weighted by Gasteiger charge is 2.30. The van der Waals surface area contributed by atoms with Gasteiger partial charge in [-0.05, 0) is 0 Å². The molecule has 0 fully saturated rings. The molecule has 1 aromatic rings. The van der Waals surface area contributed by atoms with E-state index < -0.39 is 22.9 Å². The van der Waals surface area contributed by atoms with E-state index in [1.54, 1.807) is 6.07 Å². The molecule has 0 spiro atoms. The van der Waals surface area contributed by atoms with Crippen molar-refractivity contribution in [3.05, 3.63) is 37.8 Å². The summed E-state index contributed by atoms with van der Waals surface area (Å²) in [5.41, 5.74) is -1.75. The van der Waals surface area contributed by atoms with Crippen molar-refractivity contribution in [3.63, 3.8) is 0 Å². The highest BCUT2D eigenvalue weighted by molar-refractivity contribution is 5.86. The number of amides is 1. The Morgan fingerprint density at radius 3 is 2.30 bits per heavy atom. The molecule has 2 heterocycles. The summed E-state index contributed by atoms with van der Waals surface area (Å²) in [6.07, 6.45) is -0.247. The van der Waals surface area contributed by atoms with Crippen LogP contribution in [0.2, 0.25) is 0 Å². The average molecular weight is 276 g/mol. The summed E-state index contributed by atoms with van der Waals surface area (Å²) in [6.45, 7) is 0. The summed E-state index contributed by atoms with van der Waals surface area (Å²) < 4.78 is 1.94. The number of hydrogen-bond donors (Lipinski definition) is 1. The average Bonchev–Trinajstić information content (AvgIpc) is 2.51. The molecule has 0 aromatic carbocycles. The Labute approximate surface area is 113 Å². The minimum atomic E-state index is -0.739. The van der Waals surface area contributed by atoms with Crippen molar-refractivity contribution in [1.29, 1.82) is 5.26 Å². The fraction of sp³-hybridized carbons (Fsp3) is 0.333. The summed E-state index contributed by atoms with van der Waals surface area (Å²) >= 11 is 0. The van der Waals surface area contributed by atoms with Gasteiger partial charge in [-0.2, -0.15) is 5.26 Å². The lowest BCUT2D eigenvalue weighted by Gasteiger charge is -2.13. The smallest absolute Gasteiger partial charge is 0.330 e. The van der Waals surface area contributed by atoms with E-state index in [0.717, 1.165) is 14.0 Å². The van der Waals surface area contributed by atoms with Gasteiger partial charge < -0.3 is 10.0 Å². The Morgan fingerprint density at radius 2 is 1.75 bits per heavy atom. The highest BCUT2D eigenvalue weighted by atomic mass is 16.3. The van der Waals surface area contributed by atoms with Gasteiger partial charge in [0.05, 0.1) is 6.42 Å². The molecule has 8 heteroatoms. The predicted octanol–water partition coefficient (Wildman–Crippen LogP) is -1.15. The first-order valence-electron chi connectivity index (χ1n) is 5.70. The van der Waals surface area contributed by atoms with E-state index in [1.807, 2.05) is 0 Å². The fourth-order valence-corrected chi connectivity index (χ4v) is 2.12. The van der Waals surface area contributed by atoms with Gasteiger partial charge in [0.1, 0.15) is 11.6 Å². The third-order valence-corrected chi connectivity index (χ3v) is 3.38. The molecule has 8 nitrogen and oxygen atoms in total. The molecule has 1 amide bonds. The minimum Gasteiger partial charge on any atom is -0.504 e. The molecule has 104 valence electrons. The molecule has 2 rings (SSSR count). The summed E-state index contributed by atoms with van der Waals surface area (Å²) in [4.78, 5) is 36.9. The van der Waals surface area contributed by atoms with E-state index in [0.29, 0.717) is 0 Å². The van der Waals surface area contributed by atoms with Crippen LogP contribution < -0.4 is 11.2 Å². The zero-order valence-corrected chi connectivity index (χ0v) is 11.2.